The zero-order valence-electron chi connectivity index (χ0n) is 10.9. The molecule has 1 atom stereocenters. The van der Waals surface area contributed by atoms with E-state index < -0.39 is 0 Å². The molecule has 2 rings (SSSR count). The molecule has 0 aliphatic heterocycles. The molecular formula is C14H18N2OS. The highest BCUT2D eigenvalue weighted by Crippen LogP contribution is 2.27. The van der Waals surface area contributed by atoms with E-state index in [1.165, 1.54) is 5.56 Å². The van der Waals surface area contributed by atoms with Crippen LogP contribution in [-0.2, 0) is 6.42 Å². The first-order valence-electron chi connectivity index (χ1n) is 5.91. The first-order valence-corrected chi connectivity index (χ1v) is 6.73. The Morgan fingerprint density at radius 1 is 1.39 bits per heavy atom. The van der Waals surface area contributed by atoms with Crippen LogP contribution in [0.25, 0.3) is 0 Å². The predicted molar refractivity (Wildman–Crippen MR) is 75.2 cm³/mol. The van der Waals surface area contributed by atoms with E-state index in [0.29, 0.717) is 0 Å². The topological polar surface area (TPSA) is 48.1 Å². The van der Waals surface area contributed by atoms with Crippen molar-refractivity contribution < 1.29 is 4.74 Å². The maximum absolute atomic E-state index is 6.23. The van der Waals surface area contributed by atoms with Gasteiger partial charge in [-0.1, -0.05) is 17.7 Å². The summed E-state index contributed by atoms with van der Waals surface area (Å²) < 4.78 is 5.37. The maximum Gasteiger partial charge on any atom is 0.122 e. The minimum Gasteiger partial charge on any atom is -0.496 e. The van der Waals surface area contributed by atoms with Crippen LogP contribution in [0.2, 0.25) is 0 Å². The Labute approximate surface area is 112 Å². The fourth-order valence-electron chi connectivity index (χ4n) is 1.95. The number of nitrogens with zero attached hydrogens (tertiary/aromatic N) is 1. The molecule has 0 aliphatic rings. The van der Waals surface area contributed by atoms with Gasteiger partial charge in [-0.05, 0) is 31.9 Å². The van der Waals surface area contributed by atoms with Crippen molar-refractivity contribution in [2.24, 2.45) is 5.73 Å². The molecule has 0 radical (unpaired) electrons. The second kappa shape index (κ2) is 5.50. The monoisotopic (exact) mass is 262 g/mol. The van der Waals surface area contributed by atoms with Gasteiger partial charge in [0.05, 0.1) is 12.1 Å². The Morgan fingerprint density at radius 3 is 2.78 bits per heavy atom. The lowest BCUT2D eigenvalue weighted by Crippen LogP contribution is -2.12. The fraction of sp³-hybridized carbons (Fsp3) is 0.357. The van der Waals surface area contributed by atoms with Crippen molar-refractivity contribution >= 4 is 11.3 Å². The molecule has 0 spiro atoms. The van der Waals surface area contributed by atoms with Gasteiger partial charge in [0.25, 0.3) is 0 Å². The van der Waals surface area contributed by atoms with Crippen molar-refractivity contribution in [3.05, 3.63) is 45.4 Å². The Kier molecular flexibility index (Phi) is 3.99. The predicted octanol–water partition coefficient (Wildman–Crippen LogP) is 3.01. The number of ether oxygens (including phenoxy) is 1. The SMILES string of the molecule is COc1ccc(C)cc1CC(N)c1cnc(C)s1. The van der Waals surface area contributed by atoms with E-state index >= 15 is 0 Å². The minimum atomic E-state index is -0.0214. The van der Waals surface area contributed by atoms with Crippen molar-refractivity contribution in [1.82, 2.24) is 4.98 Å². The van der Waals surface area contributed by atoms with Crippen molar-refractivity contribution in [2.45, 2.75) is 26.3 Å². The lowest BCUT2D eigenvalue weighted by molar-refractivity contribution is 0.408. The molecule has 1 aromatic heterocycles. The van der Waals surface area contributed by atoms with Crippen molar-refractivity contribution in [3.63, 3.8) is 0 Å². The van der Waals surface area contributed by atoms with Crippen molar-refractivity contribution in [2.75, 3.05) is 7.11 Å². The highest BCUT2D eigenvalue weighted by Gasteiger charge is 2.13. The minimum absolute atomic E-state index is 0.0214. The first kappa shape index (κ1) is 13.1. The smallest absolute Gasteiger partial charge is 0.122 e. The molecule has 3 nitrogen and oxygen atoms in total. The molecule has 0 amide bonds. The zero-order chi connectivity index (χ0) is 13.1. The molecule has 2 aromatic rings. The van der Waals surface area contributed by atoms with Crippen LogP contribution in [0.1, 0.15) is 27.1 Å². The van der Waals surface area contributed by atoms with Crippen LogP contribution in [0.5, 0.6) is 5.75 Å². The van der Waals surface area contributed by atoms with Gasteiger partial charge >= 0.3 is 0 Å². The summed E-state index contributed by atoms with van der Waals surface area (Å²) in [7, 11) is 1.69. The normalized spacial score (nSPS) is 12.4. The average Bonchev–Trinajstić information content (AvgIpc) is 2.76. The van der Waals surface area contributed by atoms with Crippen LogP contribution in [0.3, 0.4) is 0 Å². The van der Waals surface area contributed by atoms with Crippen LogP contribution in [0.15, 0.2) is 24.4 Å². The van der Waals surface area contributed by atoms with E-state index in [-0.39, 0.29) is 6.04 Å². The molecule has 1 unspecified atom stereocenters. The number of methoxy groups -OCH3 is 1. The van der Waals surface area contributed by atoms with Crippen LogP contribution in [0.4, 0.5) is 0 Å². The largest absolute Gasteiger partial charge is 0.496 e. The first-order chi connectivity index (χ1) is 8.60. The molecule has 0 bridgehead atoms. The molecule has 0 saturated heterocycles. The fourth-order valence-corrected chi connectivity index (χ4v) is 2.74. The van der Waals surface area contributed by atoms with E-state index in [1.54, 1.807) is 18.4 Å². The number of benzene rings is 1. The number of hydrogen-bond acceptors (Lipinski definition) is 4. The lowest BCUT2D eigenvalue weighted by Gasteiger charge is -2.13. The number of rotatable bonds is 4. The number of aromatic nitrogens is 1. The van der Waals surface area contributed by atoms with Crippen LogP contribution >= 0.6 is 11.3 Å². The average molecular weight is 262 g/mol. The molecule has 18 heavy (non-hydrogen) atoms. The third-order valence-corrected chi connectivity index (χ3v) is 3.93. The second-order valence-corrected chi connectivity index (χ2v) is 5.67. The molecule has 0 aliphatic carbocycles. The molecule has 0 fully saturated rings. The molecule has 0 saturated carbocycles. The lowest BCUT2D eigenvalue weighted by atomic mass is 10.0. The summed E-state index contributed by atoms with van der Waals surface area (Å²) in [6, 6.07) is 6.15. The summed E-state index contributed by atoms with van der Waals surface area (Å²) in [5.74, 6) is 0.900. The zero-order valence-corrected chi connectivity index (χ0v) is 11.8. The Morgan fingerprint density at radius 2 is 2.17 bits per heavy atom. The van der Waals surface area contributed by atoms with E-state index in [1.807, 2.05) is 25.3 Å². The number of hydrogen-bond donors (Lipinski definition) is 1. The van der Waals surface area contributed by atoms with Crippen molar-refractivity contribution in [1.29, 1.82) is 0 Å². The van der Waals surface area contributed by atoms with Gasteiger partial charge in [-0.2, -0.15) is 0 Å². The standard InChI is InChI=1S/C14H18N2OS/c1-9-4-5-13(17-3)11(6-9)7-12(15)14-8-16-10(2)18-14/h4-6,8,12H,7,15H2,1-3H3. The van der Waals surface area contributed by atoms with Crippen molar-refractivity contribution in [3.8, 4) is 5.75 Å². The molecule has 96 valence electrons. The van der Waals surface area contributed by atoms with Crippen LogP contribution < -0.4 is 10.5 Å². The number of thiazole rings is 1. The van der Waals surface area contributed by atoms with E-state index in [0.717, 1.165) is 27.6 Å². The molecular weight excluding hydrogens is 244 g/mol. The van der Waals surface area contributed by atoms with Gasteiger partial charge in [0.15, 0.2) is 0 Å². The summed E-state index contributed by atoms with van der Waals surface area (Å²) in [6.45, 7) is 4.07. The van der Waals surface area contributed by atoms with E-state index in [2.05, 4.69) is 18.0 Å². The van der Waals surface area contributed by atoms with Gasteiger partial charge in [-0.3, -0.25) is 0 Å². The molecule has 1 aromatic carbocycles. The van der Waals surface area contributed by atoms with Gasteiger partial charge in [-0.25, -0.2) is 4.98 Å². The summed E-state index contributed by atoms with van der Waals surface area (Å²) in [6.07, 6.45) is 2.64. The quantitative estimate of drug-likeness (QED) is 0.921. The van der Waals surface area contributed by atoms with E-state index in [4.69, 9.17) is 10.5 Å². The van der Waals surface area contributed by atoms with Gasteiger partial charge in [0.2, 0.25) is 0 Å². The second-order valence-electron chi connectivity index (χ2n) is 4.41. The molecule has 4 heteroatoms. The van der Waals surface area contributed by atoms with Gasteiger partial charge in [0.1, 0.15) is 5.75 Å². The van der Waals surface area contributed by atoms with E-state index in [9.17, 15) is 0 Å². The number of aryl methyl sites for hydroxylation is 2. The van der Waals surface area contributed by atoms with Gasteiger partial charge in [0, 0.05) is 17.1 Å². The third kappa shape index (κ3) is 2.89. The van der Waals surface area contributed by atoms with Crippen LogP contribution in [-0.4, -0.2) is 12.1 Å². The van der Waals surface area contributed by atoms with Gasteiger partial charge in [-0.15, -0.1) is 11.3 Å². The number of nitrogens with two attached hydrogens (primary N) is 1. The maximum atomic E-state index is 6.23. The highest BCUT2D eigenvalue weighted by atomic mass is 32.1. The third-order valence-electron chi connectivity index (χ3n) is 2.88. The summed E-state index contributed by atoms with van der Waals surface area (Å²) in [5, 5.41) is 1.05. The van der Waals surface area contributed by atoms with Crippen LogP contribution in [0, 0.1) is 13.8 Å². The molecule has 2 N–H and O–H groups in total. The highest BCUT2D eigenvalue weighted by molar-refractivity contribution is 7.11. The molecule has 1 heterocycles. The summed E-state index contributed by atoms with van der Waals surface area (Å²) in [5.41, 5.74) is 8.60. The Bertz CT molecular complexity index is 536. The summed E-state index contributed by atoms with van der Waals surface area (Å²) >= 11 is 1.66. The van der Waals surface area contributed by atoms with Gasteiger partial charge < -0.3 is 10.5 Å². The Hall–Kier alpha value is -1.39. The summed E-state index contributed by atoms with van der Waals surface area (Å²) in [4.78, 5) is 5.37. The Balaban J connectivity index is 2.20.